The maximum Gasteiger partial charge on any atom is 0.573 e. The Balaban J connectivity index is 1.67. The Morgan fingerprint density at radius 2 is 1.85 bits per heavy atom. The van der Waals surface area contributed by atoms with Gasteiger partial charge in [-0.2, -0.15) is 5.10 Å². The van der Waals surface area contributed by atoms with Crippen LogP contribution in [-0.2, 0) is 16.6 Å². The molecule has 0 unspecified atom stereocenters. The first-order valence-corrected chi connectivity index (χ1v) is 15.0. The lowest BCUT2D eigenvalue weighted by Crippen LogP contribution is -2.30. The van der Waals surface area contributed by atoms with Crippen LogP contribution in [0.3, 0.4) is 0 Å². The van der Waals surface area contributed by atoms with Crippen molar-refractivity contribution in [2.24, 2.45) is 0 Å². The van der Waals surface area contributed by atoms with E-state index in [9.17, 15) is 30.8 Å². The number of hydrogen-bond acceptors (Lipinski definition) is 5. The van der Waals surface area contributed by atoms with Crippen molar-refractivity contribution in [3.05, 3.63) is 81.7 Å². The molecule has 5 rings (SSSR count). The van der Waals surface area contributed by atoms with Crippen molar-refractivity contribution >= 4 is 43.1 Å². The minimum absolute atomic E-state index is 0.00926. The number of nitrogens with zero attached hydrogens (tertiary/aromatic N) is 3. The van der Waals surface area contributed by atoms with Crippen molar-refractivity contribution in [1.82, 2.24) is 14.9 Å². The number of ether oxygens (including phenoxy) is 1. The number of carbonyl (C=O) groups is 1. The molecular weight excluding hydrogens is 632 g/mol. The normalized spacial score (nSPS) is 13.8. The fourth-order valence-electron chi connectivity index (χ4n) is 4.58. The molecule has 1 N–H and O–H groups in total. The number of fused-ring (bicyclic) bond motifs is 1. The van der Waals surface area contributed by atoms with Crippen molar-refractivity contribution in [2.45, 2.75) is 31.7 Å². The molecule has 1 aliphatic rings. The maximum absolute atomic E-state index is 13.6. The molecule has 2 aromatic carbocycles. The zero-order valence-corrected chi connectivity index (χ0v) is 24.1. The van der Waals surface area contributed by atoms with Gasteiger partial charge in [-0.3, -0.25) is 9.10 Å². The molecule has 1 fully saturated rings. The number of aromatic nitrogens is 2. The van der Waals surface area contributed by atoms with Crippen LogP contribution in [0.25, 0.3) is 16.8 Å². The first kappa shape index (κ1) is 28.9. The molecule has 216 valence electrons. The van der Waals surface area contributed by atoms with Crippen molar-refractivity contribution in [2.75, 3.05) is 17.6 Å². The summed E-state index contributed by atoms with van der Waals surface area (Å²) < 4.78 is 85.2. The van der Waals surface area contributed by atoms with Gasteiger partial charge in [0.05, 0.1) is 40.2 Å². The van der Waals surface area contributed by atoms with Crippen molar-refractivity contribution < 1.29 is 35.5 Å². The molecule has 1 amide bonds. The van der Waals surface area contributed by atoms with Gasteiger partial charge in [-0.25, -0.2) is 17.3 Å². The number of sulfonamides is 1. The number of alkyl halides is 3. The molecule has 4 aromatic rings. The van der Waals surface area contributed by atoms with E-state index < -0.39 is 33.9 Å². The quantitative estimate of drug-likeness (QED) is 0.235. The summed E-state index contributed by atoms with van der Waals surface area (Å²) in [6.45, 7) is -0.292. The van der Waals surface area contributed by atoms with Crippen LogP contribution in [0, 0.1) is 5.82 Å². The highest BCUT2D eigenvalue weighted by Crippen LogP contribution is 2.46. The number of hydrogen-bond donors (Lipinski definition) is 1. The van der Waals surface area contributed by atoms with Crippen LogP contribution >= 0.6 is 15.9 Å². The van der Waals surface area contributed by atoms with Crippen LogP contribution in [0.15, 0.2) is 59.2 Å². The van der Waals surface area contributed by atoms with E-state index in [1.54, 1.807) is 6.07 Å². The molecule has 0 aliphatic heterocycles. The summed E-state index contributed by atoms with van der Waals surface area (Å²) in [5.74, 6) is -1.39. The maximum atomic E-state index is 13.6. The molecule has 0 radical (unpaired) electrons. The number of halogens is 5. The summed E-state index contributed by atoms with van der Waals surface area (Å²) >= 11 is 3.03. The fourth-order valence-corrected chi connectivity index (χ4v) is 5.80. The van der Waals surface area contributed by atoms with Gasteiger partial charge in [0, 0.05) is 12.6 Å². The zero-order chi connectivity index (χ0) is 29.7. The Kier molecular flexibility index (Phi) is 7.49. The zero-order valence-electron chi connectivity index (χ0n) is 21.7. The van der Waals surface area contributed by atoms with E-state index in [1.165, 1.54) is 54.2 Å². The third-order valence-electron chi connectivity index (χ3n) is 6.59. The number of benzene rings is 2. The summed E-state index contributed by atoms with van der Waals surface area (Å²) in [4.78, 5) is 13.0. The number of anilines is 1. The summed E-state index contributed by atoms with van der Waals surface area (Å²) in [5, 5.41) is 7.16. The minimum atomic E-state index is -4.94. The lowest BCUT2D eigenvalue weighted by molar-refractivity contribution is -0.274. The highest BCUT2D eigenvalue weighted by Gasteiger charge is 2.34. The van der Waals surface area contributed by atoms with Gasteiger partial charge in [0.15, 0.2) is 0 Å². The SMILES string of the molecule is CNC(=O)c1c(-c2ccc(F)cc2)nn2cc(N(Cc3ccc(Br)c(OC(F)(F)F)c3)S(C)(=O)=O)c(C3CC3)cc12. The Morgan fingerprint density at radius 3 is 2.44 bits per heavy atom. The van der Waals surface area contributed by atoms with Gasteiger partial charge < -0.3 is 10.1 Å². The van der Waals surface area contributed by atoms with E-state index in [-0.39, 0.29) is 39.4 Å². The van der Waals surface area contributed by atoms with E-state index in [2.05, 4.69) is 31.1 Å². The van der Waals surface area contributed by atoms with E-state index in [1.807, 2.05) is 0 Å². The van der Waals surface area contributed by atoms with E-state index in [0.717, 1.165) is 29.5 Å². The second-order valence-electron chi connectivity index (χ2n) is 9.61. The van der Waals surface area contributed by atoms with Gasteiger partial charge in [-0.05, 0) is 88.3 Å². The molecule has 41 heavy (non-hydrogen) atoms. The van der Waals surface area contributed by atoms with Crippen molar-refractivity contribution in [1.29, 1.82) is 0 Å². The van der Waals surface area contributed by atoms with Crippen molar-refractivity contribution in [3.63, 3.8) is 0 Å². The summed E-state index contributed by atoms with van der Waals surface area (Å²) in [6, 6.07) is 11.1. The highest BCUT2D eigenvalue weighted by atomic mass is 79.9. The predicted molar refractivity (Wildman–Crippen MR) is 148 cm³/mol. The molecule has 0 spiro atoms. The Morgan fingerprint density at radius 1 is 1.17 bits per heavy atom. The minimum Gasteiger partial charge on any atom is -0.405 e. The molecule has 0 saturated heterocycles. The third kappa shape index (κ3) is 6.17. The topological polar surface area (TPSA) is 93.0 Å². The lowest BCUT2D eigenvalue weighted by atomic mass is 10.0. The lowest BCUT2D eigenvalue weighted by Gasteiger charge is -2.26. The molecule has 0 bridgehead atoms. The third-order valence-corrected chi connectivity index (χ3v) is 8.37. The van der Waals surface area contributed by atoms with Gasteiger partial charge in [0.2, 0.25) is 10.0 Å². The van der Waals surface area contributed by atoms with E-state index in [0.29, 0.717) is 16.6 Å². The van der Waals surface area contributed by atoms with Gasteiger partial charge >= 0.3 is 6.36 Å². The number of pyridine rings is 1. The van der Waals surface area contributed by atoms with Crippen molar-refractivity contribution in [3.8, 4) is 17.0 Å². The van der Waals surface area contributed by atoms with Crippen LogP contribution in [0.1, 0.15) is 40.2 Å². The molecule has 1 aliphatic carbocycles. The Labute approximate surface area is 241 Å². The van der Waals surface area contributed by atoms with Crippen LogP contribution in [0.2, 0.25) is 0 Å². The Bertz CT molecular complexity index is 1750. The first-order valence-electron chi connectivity index (χ1n) is 12.3. The first-order chi connectivity index (χ1) is 19.2. The summed E-state index contributed by atoms with van der Waals surface area (Å²) in [6.07, 6.45) is -0.862. The van der Waals surface area contributed by atoms with Crippen LogP contribution in [0.5, 0.6) is 5.75 Å². The van der Waals surface area contributed by atoms with Gasteiger partial charge in [-0.1, -0.05) is 6.07 Å². The number of nitrogens with one attached hydrogen (secondary N) is 1. The van der Waals surface area contributed by atoms with Gasteiger partial charge in [-0.15, -0.1) is 13.2 Å². The monoisotopic (exact) mass is 654 g/mol. The number of rotatable bonds is 8. The average Bonchev–Trinajstić information content (AvgIpc) is 3.67. The second kappa shape index (κ2) is 10.6. The van der Waals surface area contributed by atoms with E-state index in [4.69, 9.17) is 0 Å². The standard InChI is InChI=1S/C27H23BrF4N4O4S/c1-33-26(37)24-21-12-19(16-4-5-16)22(14-35(21)34-25(24)17-6-8-18(29)9-7-17)36(41(2,38)39)13-15-3-10-20(28)23(11-15)40-27(30,31)32/h3,6-12,14,16H,4-5,13H2,1-2H3,(H,33,37). The Hall–Kier alpha value is -3.65. The summed E-state index contributed by atoms with van der Waals surface area (Å²) in [5.41, 5.74) is 2.60. The average molecular weight is 655 g/mol. The second-order valence-corrected chi connectivity index (χ2v) is 12.4. The van der Waals surface area contributed by atoms with Crippen LogP contribution < -0.4 is 14.4 Å². The van der Waals surface area contributed by atoms with E-state index >= 15 is 0 Å². The summed E-state index contributed by atoms with van der Waals surface area (Å²) in [7, 11) is -2.49. The molecule has 0 atom stereocenters. The number of carbonyl (C=O) groups excluding carboxylic acids is 1. The molecule has 1 saturated carbocycles. The number of amides is 1. The molecule has 2 aromatic heterocycles. The smallest absolute Gasteiger partial charge is 0.405 e. The molecule has 8 nitrogen and oxygen atoms in total. The predicted octanol–water partition coefficient (Wildman–Crippen LogP) is 6.00. The molecule has 14 heteroatoms. The van der Waals surface area contributed by atoms with Crippen LogP contribution in [-0.4, -0.2) is 43.6 Å². The van der Waals surface area contributed by atoms with Crippen LogP contribution in [0.4, 0.5) is 23.2 Å². The fraction of sp³-hybridized carbons (Fsp3) is 0.259. The molecule has 2 heterocycles. The largest absolute Gasteiger partial charge is 0.573 e. The van der Waals surface area contributed by atoms with Gasteiger partial charge in [0.1, 0.15) is 17.3 Å². The van der Waals surface area contributed by atoms with Gasteiger partial charge in [0.25, 0.3) is 5.91 Å². The molecular formula is C27H23BrF4N4O4S. The highest BCUT2D eigenvalue weighted by molar-refractivity contribution is 9.10.